The van der Waals surface area contributed by atoms with Crippen LogP contribution in [0.2, 0.25) is 0 Å². The monoisotopic (exact) mass is 426 g/mol. The van der Waals surface area contributed by atoms with E-state index in [1.165, 1.54) is 21.5 Å². The molecule has 0 saturated carbocycles. The standard InChI is InChI=1S/C28H27O2P/c1-2-30-28(29)24-20-18-23(19-21-24)22-31(25-12-6-3-7-13-25,26-14-8-4-9-15-26)27-16-10-5-11-17-27/h3-21,31H,2,22H2,1H3. The Labute approximate surface area is 184 Å². The molecule has 0 radical (unpaired) electrons. The van der Waals surface area contributed by atoms with Crippen LogP contribution in [0.1, 0.15) is 22.8 Å². The van der Waals surface area contributed by atoms with Crippen molar-refractivity contribution in [2.24, 2.45) is 0 Å². The van der Waals surface area contributed by atoms with Gasteiger partial charge in [-0.1, -0.05) is 0 Å². The molecular formula is C28H27O2P. The average molecular weight is 426 g/mol. The van der Waals surface area contributed by atoms with Crippen LogP contribution in [0, 0.1) is 0 Å². The number of hydrogen-bond donors (Lipinski definition) is 0. The summed E-state index contributed by atoms with van der Waals surface area (Å²) in [5, 5.41) is 4.13. The maximum atomic E-state index is 12.1. The summed E-state index contributed by atoms with van der Waals surface area (Å²) in [5.41, 5.74) is 1.81. The number of ether oxygens (including phenoxy) is 1. The first kappa shape index (κ1) is 21.0. The van der Waals surface area contributed by atoms with Crippen LogP contribution >= 0.6 is 7.26 Å². The number of rotatable bonds is 7. The summed E-state index contributed by atoms with van der Waals surface area (Å²) in [6.45, 7) is 2.21. The van der Waals surface area contributed by atoms with Crippen molar-refractivity contribution < 1.29 is 9.53 Å². The summed E-state index contributed by atoms with van der Waals surface area (Å²) in [6, 6.07) is 40.5. The number of esters is 1. The fourth-order valence-corrected chi connectivity index (χ4v) is 9.00. The van der Waals surface area contributed by atoms with Gasteiger partial charge in [-0.25, -0.2) is 0 Å². The van der Waals surface area contributed by atoms with E-state index in [-0.39, 0.29) is 5.97 Å². The van der Waals surface area contributed by atoms with Gasteiger partial charge in [0, 0.05) is 0 Å². The molecule has 0 fully saturated rings. The van der Waals surface area contributed by atoms with Crippen molar-refractivity contribution in [3.05, 3.63) is 126 Å². The molecule has 31 heavy (non-hydrogen) atoms. The Kier molecular flexibility index (Phi) is 6.60. The summed E-state index contributed by atoms with van der Waals surface area (Å²) < 4.78 is 5.15. The van der Waals surface area contributed by atoms with Gasteiger partial charge in [0.15, 0.2) is 0 Å². The van der Waals surface area contributed by atoms with Crippen molar-refractivity contribution in [2.45, 2.75) is 13.1 Å². The Hall–Kier alpha value is -3.22. The molecule has 0 heterocycles. The second kappa shape index (κ2) is 9.73. The van der Waals surface area contributed by atoms with Crippen molar-refractivity contribution in [1.29, 1.82) is 0 Å². The molecule has 156 valence electrons. The molecular weight excluding hydrogens is 399 g/mol. The van der Waals surface area contributed by atoms with E-state index in [2.05, 4.69) is 103 Å². The number of carbonyl (C=O) groups excluding carboxylic acids is 1. The first-order chi connectivity index (χ1) is 15.2. The zero-order valence-electron chi connectivity index (χ0n) is 17.7. The summed E-state index contributed by atoms with van der Waals surface area (Å²) >= 11 is 0. The average Bonchev–Trinajstić information content (AvgIpc) is 2.85. The SMILES string of the molecule is CCOC(=O)c1ccc(C[PH](c2ccccc2)(c2ccccc2)c2ccccc2)cc1. The Morgan fingerprint density at radius 1 is 0.645 bits per heavy atom. The molecule has 0 saturated heterocycles. The van der Waals surface area contributed by atoms with E-state index in [1.807, 2.05) is 19.1 Å². The zero-order chi connectivity index (χ0) is 21.5. The van der Waals surface area contributed by atoms with Gasteiger partial charge in [0.05, 0.1) is 0 Å². The number of benzene rings is 4. The summed E-state index contributed by atoms with van der Waals surface area (Å²) in [7, 11) is -2.34. The van der Waals surface area contributed by atoms with Gasteiger partial charge >= 0.3 is 185 Å². The molecule has 4 rings (SSSR count). The normalized spacial score (nSPS) is 11.6. The third-order valence-corrected chi connectivity index (χ3v) is 10.6. The fraction of sp³-hybridized carbons (Fsp3) is 0.107. The third-order valence-electron chi connectivity index (χ3n) is 5.73. The minimum absolute atomic E-state index is 0.272. The van der Waals surface area contributed by atoms with E-state index < -0.39 is 7.26 Å². The van der Waals surface area contributed by atoms with E-state index in [4.69, 9.17) is 4.74 Å². The van der Waals surface area contributed by atoms with Crippen LogP contribution in [0.4, 0.5) is 0 Å². The van der Waals surface area contributed by atoms with E-state index in [1.54, 1.807) is 0 Å². The zero-order valence-corrected chi connectivity index (χ0v) is 18.7. The molecule has 0 N–H and O–H groups in total. The second-order valence-corrected chi connectivity index (χ2v) is 11.5. The predicted octanol–water partition coefficient (Wildman–Crippen LogP) is 5.09. The topological polar surface area (TPSA) is 26.3 Å². The van der Waals surface area contributed by atoms with E-state index in [0.29, 0.717) is 12.2 Å². The Morgan fingerprint density at radius 3 is 1.45 bits per heavy atom. The summed E-state index contributed by atoms with van der Waals surface area (Å²) in [4.78, 5) is 12.1. The molecule has 0 aliphatic rings. The maximum absolute atomic E-state index is 12.1. The van der Waals surface area contributed by atoms with Gasteiger partial charge in [-0.2, -0.15) is 0 Å². The molecule has 0 unspecified atom stereocenters. The van der Waals surface area contributed by atoms with Crippen molar-refractivity contribution >= 4 is 29.1 Å². The molecule has 0 amide bonds. The first-order valence-corrected chi connectivity index (χ1v) is 12.9. The first-order valence-electron chi connectivity index (χ1n) is 10.7. The molecule has 0 bridgehead atoms. The van der Waals surface area contributed by atoms with Gasteiger partial charge in [0.25, 0.3) is 0 Å². The van der Waals surface area contributed by atoms with Gasteiger partial charge in [0.2, 0.25) is 0 Å². The van der Waals surface area contributed by atoms with Gasteiger partial charge in [-0.15, -0.1) is 0 Å². The van der Waals surface area contributed by atoms with Crippen LogP contribution < -0.4 is 15.9 Å². The minimum atomic E-state index is -2.34. The molecule has 0 aromatic heterocycles. The van der Waals surface area contributed by atoms with Gasteiger partial charge in [-0.3, -0.25) is 0 Å². The van der Waals surface area contributed by atoms with Crippen molar-refractivity contribution in [1.82, 2.24) is 0 Å². The number of hydrogen-bond acceptors (Lipinski definition) is 2. The van der Waals surface area contributed by atoms with Crippen molar-refractivity contribution in [3.63, 3.8) is 0 Å². The van der Waals surface area contributed by atoms with Crippen LogP contribution in [0.25, 0.3) is 0 Å². The van der Waals surface area contributed by atoms with E-state index in [9.17, 15) is 4.79 Å². The van der Waals surface area contributed by atoms with Gasteiger partial charge in [-0.05, 0) is 0 Å². The molecule has 2 nitrogen and oxygen atoms in total. The molecule has 4 aromatic carbocycles. The molecule has 0 atom stereocenters. The summed E-state index contributed by atoms with van der Waals surface area (Å²) in [6.07, 6.45) is 0.911. The van der Waals surface area contributed by atoms with Crippen LogP contribution in [-0.2, 0) is 10.9 Å². The summed E-state index contributed by atoms with van der Waals surface area (Å²) in [5.74, 6) is -0.272. The van der Waals surface area contributed by atoms with E-state index in [0.717, 1.165) is 6.16 Å². The number of carbonyl (C=O) groups is 1. The third kappa shape index (κ3) is 4.45. The van der Waals surface area contributed by atoms with Crippen LogP contribution in [-0.4, -0.2) is 12.6 Å². The van der Waals surface area contributed by atoms with Crippen LogP contribution in [0.5, 0.6) is 0 Å². The Morgan fingerprint density at radius 2 is 1.06 bits per heavy atom. The van der Waals surface area contributed by atoms with Crippen molar-refractivity contribution in [3.8, 4) is 0 Å². The molecule has 0 spiro atoms. The molecule has 3 heteroatoms. The van der Waals surface area contributed by atoms with Gasteiger partial charge < -0.3 is 0 Å². The molecule has 0 aliphatic carbocycles. The second-order valence-electron chi connectivity index (χ2n) is 7.60. The predicted molar refractivity (Wildman–Crippen MR) is 133 cm³/mol. The fourth-order valence-electron chi connectivity index (χ4n) is 4.25. The molecule has 0 aliphatic heterocycles. The quantitative estimate of drug-likeness (QED) is 0.304. The van der Waals surface area contributed by atoms with Crippen molar-refractivity contribution in [2.75, 3.05) is 6.61 Å². The van der Waals surface area contributed by atoms with Gasteiger partial charge in [0.1, 0.15) is 0 Å². The van der Waals surface area contributed by atoms with Crippen LogP contribution in [0.15, 0.2) is 115 Å². The van der Waals surface area contributed by atoms with E-state index >= 15 is 0 Å². The Balaban J connectivity index is 1.86. The van der Waals surface area contributed by atoms with Crippen LogP contribution in [0.3, 0.4) is 0 Å². The Bertz CT molecular complexity index is 1010. The molecule has 4 aromatic rings.